The van der Waals surface area contributed by atoms with E-state index in [1.807, 2.05) is 12.1 Å². The molecule has 3 aromatic rings. The molecule has 1 aromatic carbocycles. The fourth-order valence-corrected chi connectivity index (χ4v) is 5.36. The van der Waals surface area contributed by atoms with Crippen molar-refractivity contribution in [3.05, 3.63) is 49.1 Å². The second-order valence-corrected chi connectivity index (χ2v) is 12.2. The zero-order valence-electron chi connectivity index (χ0n) is 15.9. The van der Waals surface area contributed by atoms with Crippen molar-refractivity contribution >= 4 is 24.3 Å². The van der Waals surface area contributed by atoms with Crippen LogP contribution in [0.5, 0.6) is 5.75 Å². The summed E-state index contributed by atoms with van der Waals surface area (Å²) in [5, 5.41) is 15.5. The van der Waals surface area contributed by atoms with Crippen molar-refractivity contribution < 1.29 is 4.74 Å². The quantitative estimate of drug-likeness (QED) is 0.476. The average molecular weight is 368 g/mol. The van der Waals surface area contributed by atoms with Gasteiger partial charge in [-0.25, -0.2) is 0 Å². The number of hydrogen-bond donors (Lipinski definition) is 0. The molecule has 0 aliphatic carbocycles. The van der Waals surface area contributed by atoms with Crippen LogP contribution in [0.2, 0.25) is 19.6 Å². The molecule has 0 atom stereocenters. The van der Waals surface area contributed by atoms with E-state index in [1.165, 1.54) is 10.9 Å². The topological polar surface area (TPSA) is 57.8 Å². The predicted octanol–water partition coefficient (Wildman–Crippen LogP) is 3.09. The zero-order chi connectivity index (χ0) is 18.9. The van der Waals surface area contributed by atoms with Crippen molar-refractivity contribution in [1.82, 2.24) is 24.8 Å². The van der Waals surface area contributed by atoms with Crippen molar-refractivity contribution in [2.24, 2.45) is 0 Å². The van der Waals surface area contributed by atoms with E-state index in [-0.39, 0.29) is 0 Å². The molecule has 0 saturated heterocycles. The number of hydrogen-bond acceptors (Lipinski definition) is 4. The fourth-order valence-electron chi connectivity index (χ4n) is 3.33. The summed E-state index contributed by atoms with van der Waals surface area (Å²) in [6.07, 6.45) is 4.49. The maximum atomic E-state index is 5.45. The summed E-state index contributed by atoms with van der Waals surface area (Å²) in [7, 11) is -0.0375. The predicted molar refractivity (Wildman–Crippen MR) is 108 cm³/mol. The van der Waals surface area contributed by atoms with Gasteiger partial charge in [-0.05, 0) is 35.4 Å². The van der Waals surface area contributed by atoms with Gasteiger partial charge < -0.3 is 4.74 Å². The van der Waals surface area contributed by atoms with Crippen molar-refractivity contribution in [3.8, 4) is 11.7 Å². The van der Waals surface area contributed by atoms with Gasteiger partial charge in [0, 0.05) is 10.7 Å². The number of ether oxygens (including phenoxy) is 1. The first-order chi connectivity index (χ1) is 12.4. The number of aromatic nitrogens is 5. The number of benzene rings is 1. The van der Waals surface area contributed by atoms with Gasteiger partial charge in [0.05, 0.1) is 27.2 Å². The Kier molecular flexibility index (Phi) is 4.82. The van der Waals surface area contributed by atoms with Crippen molar-refractivity contribution in [2.45, 2.75) is 32.6 Å². The minimum Gasteiger partial charge on any atom is -0.497 e. The Morgan fingerprint density at radius 2 is 1.96 bits per heavy atom. The van der Waals surface area contributed by atoms with E-state index in [0.29, 0.717) is 12.5 Å². The number of rotatable bonds is 7. The highest BCUT2D eigenvalue weighted by Gasteiger charge is 2.30. The van der Waals surface area contributed by atoms with Gasteiger partial charge in [0.15, 0.2) is 0 Å². The van der Waals surface area contributed by atoms with E-state index in [1.54, 1.807) is 18.0 Å². The molecular weight excluding hydrogens is 342 g/mol. The van der Waals surface area contributed by atoms with Crippen LogP contribution in [0, 0.1) is 0 Å². The third kappa shape index (κ3) is 3.10. The van der Waals surface area contributed by atoms with Gasteiger partial charge in [-0.2, -0.15) is 4.80 Å². The van der Waals surface area contributed by atoms with E-state index in [9.17, 15) is 0 Å². The monoisotopic (exact) mass is 367 g/mol. The minimum absolute atomic E-state index is 0.530. The van der Waals surface area contributed by atoms with Crippen LogP contribution in [0.4, 0.5) is 0 Å². The van der Waals surface area contributed by atoms with Crippen LogP contribution in [-0.2, 0) is 13.0 Å². The van der Waals surface area contributed by atoms with Crippen LogP contribution < -0.4 is 10.1 Å². The van der Waals surface area contributed by atoms with Crippen LogP contribution in [0.1, 0.15) is 5.56 Å². The SMILES string of the molecule is C=CCc1c([Si](C)(C)C)n(-c2nnn(CC=C)n2)c2ccc(OC)cc12. The summed E-state index contributed by atoms with van der Waals surface area (Å²) in [6, 6.07) is 6.12. The molecule has 0 radical (unpaired) electrons. The van der Waals surface area contributed by atoms with E-state index in [0.717, 1.165) is 23.1 Å². The molecule has 0 bridgehead atoms. The Morgan fingerprint density at radius 1 is 1.19 bits per heavy atom. The zero-order valence-corrected chi connectivity index (χ0v) is 16.9. The van der Waals surface area contributed by atoms with Gasteiger partial charge in [0.25, 0.3) is 5.95 Å². The summed E-state index contributed by atoms with van der Waals surface area (Å²) in [5.41, 5.74) is 2.34. The molecule has 0 spiro atoms. The molecular formula is C19H25N5OSi. The number of allylic oxidation sites excluding steroid dienone is 2. The Labute approximate surface area is 154 Å². The van der Waals surface area contributed by atoms with Crippen LogP contribution in [-0.4, -0.2) is 40.0 Å². The maximum Gasteiger partial charge on any atom is 0.274 e. The van der Waals surface area contributed by atoms with Gasteiger partial charge in [0.1, 0.15) is 5.75 Å². The molecule has 7 heteroatoms. The average Bonchev–Trinajstić information content (AvgIpc) is 3.17. The second kappa shape index (κ2) is 6.91. The minimum atomic E-state index is -1.73. The lowest BCUT2D eigenvalue weighted by Crippen LogP contribution is -2.44. The van der Waals surface area contributed by atoms with Gasteiger partial charge in [-0.3, -0.25) is 4.57 Å². The molecule has 0 N–H and O–H groups in total. The molecule has 0 aliphatic rings. The lowest BCUT2D eigenvalue weighted by molar-refractivity contribution is 0.415. The Hall–Kier alpha value is -2.67. The standard InChI is InChI=1S/C19H25N5OSi/c1-7-9-15-16-13-14(25-3)10-11-17(16)24(18(15)26(4,5)6)19-20-22-23(21-19)12-8-2/h7-8,10-11,13H,1-2,9,12H2,3-6H3. The molecule has 2 aromatic heterocycles. The Morgan fingerprint density at radius 3 is 2.58 bits per heavy atom. The third-order valence-electron chi connectivity index (χ3n) is 4.27. The summed E-state index contributed by atoms with van der Waals surface area (Å²) >= 11 is 0. The molecule has 0 aliphatic heterocycles. The van der Waals surface area contributed by atoms with Crippen molar-refractivity contribution in [2.75, 3.05) is 7.11 Å². The highest BCUT2D eigenvalue weighted by atomic mass is 28.3. The van der Waals surface area contributed by atoms with E-state index in [4.69, 9.17) is 4.74 Å². The Bertz CT molecular complexity index is 964. The molecule has 136 valence electrons. The first-order valence-corrected chi connectivity index (χ1v) is 12.1. The van der Waals surface area contributed by atoms with E-state index in [2.05, 4.69) is 64.9 Å². The molecule has 6 nitrogen and oxygen atoms in total. The van der Waals surface area contributed by atoms with Crippen molar-refractivity contribution in [3.63, 3.8) is 0 Å². The van der Waals surface area contributed by atoms with Gasteiger partial charge >= 0.3 is 0 Å². The number of fused-ring (bicyclic) bond motifs is 1. The smallest absolute Gasteiger partial charge is 0.274 e. The lowest BCUT2D eigenvalue weighted by Gasteiger charge is -2.20. The molecule has 26 heavy (non-hydrogen) atoms. The van der Waals surface area contributed by atoms with Crippen molar-refractivity contribution in [1.29, 1.82) is 0 Å². The molecule has 3 rings (SSSR count). The summed E-state index contributed by atoms with van der Waals surface area (Å²) in [5.74, 6) is 1.43. The normalized spacial score (nSPS) is 11.7. The largest absolute Gasteiger partial charge is 0.497 e. The highest BCUT2D eigenvalue weighted by molar-refractivity contribution is 6.88. The molecule has 0 amide bonds. The van der Waals surface area contributed by atoms with Crippen LogP contribution in [0.15, 0.2) is 43.5 Å². The van der Waals surface area contributed by atoms with Crippen LogP contribution in [0.25, 0.3) is 16.9 Å². The molecule has 2 heterocycles. The molecule has 0 unspecified atom stereocenters. The maximum absolute atomic E-state index is 5.45. The van der Waals surface area contributed by atoms with Gasteiger partial charge in [0.2, 0.25) is 0 Å². The number of nitrogens with zero attached hydrogens (tertiary/aromatic N) is 5. The van der Waals surface area contributed by atoms with E-state index < -0.39 is 8.07 Å². The fraction of sp³-hybridized carbons (Fsp3) is 0.316. The lowest BCUT2D eigenvalue weighted by atomic mass is 10.1. The summed E-state index contributed by atoms with van der Waals surface area (Å²) < 4.78 is 7.61. The van der Waals surface area contributed by atoms with E-state index >= 15 is 0 Å². The number of methoxy groups -OCH3 is 1. The molecule has 0 fully saturated rings. The second-order valence-electron chi connectivity index (χ2n) is 7.22. The highest BCUT2D eigenvalue weighted by Crippen LogP contribution is 2.29. The Balaban J connectivity index is 2.38. The summed E-state index contributed by atoms with van der Waals surface area (Å²) in [4.78, 5) is 1.55. The summed E-state index contributed by atoms with van der Waals surface area (Å²) in [6.45, 7) is 15.2. The first-order valence-electron chi connectivity index (χ1n) is 8.62. The van der Waals surface area contributed by atoms with Crippen LogP contribution in [0.3, 0.4) is 0 Å². The van der Waals surface area contributed by atoms with Gasteiger partial charge in [-0.15, -0.1) is 18.3 Å². The van der Waals surface area contributed by atoms with Gasteiger partial charge in [-0.1, -0.05) is 36.9 Å². The molecule has 0 saturated carbocycles. The first kappa shape index (κ1) is 18.1. The van der Waals surface area contributed by atoms with Crippen LogP contribution >= 0.6 is 0 Å². The third-order valence-corrected chi connectivity index (χ3v) is 6.22. The number of tetrazole rings is 1.